The van der Waals surface area contributed by atoms with Crippen LogP contribution in [-0.2, 0) is 14.3 Å². The van der Waals surface area contributed by atoms with Crippen molar-refractivity contribution < 1.29 is 14.3 Å². The molecule has 3 unspecified atom stereocenters. The number of hydrogen-bond donors (Lipinski definition) is 1. The van der Waals surface area contributed by atoms with Crippen LogP contribution in [0.2, 0.25) is 0 Å². The van der Waals surface area contributed by atoms with Crippen molar-refractivity contribution in [1.82, 2.24) is 0 Å². The summed E-state index contributed by atoms with van der Waals surface area (Å²) in [5.41, 5.74) is 6.70. The number of esters is 1. The molecule has 1 aromatic carbocycles. The van der Waals surface area contributed by atoms with E-state index in [0.717, 1.165) is 18.4 Å². The van der Waals surface area contributed by atoms with E-state index in [1.807, 2.05) is 44.2 Å². The lowest BCUT2D eigenvalue weighted by Crippen LogP contribution is -2.37. The predicted octanol–water partition coefficient (Wildman–Crippen LogP) is 2.19. The molecule has 1 saturated heterocycles. The van der Waals surface area contributed by atoms with Crippen LogP contribution in [0.1, 0.15) is 38.3 Å². The Morgan fingerprint density at radius 3 is 2.42 bits per heavy atom. The summed E-state index contributed by atoms with van der Waals surface area (Å²) in [5.74, 6) is -0.363. The van der Waals surface area contributed by atoms with Crippen molar-refractivity contribution in [2.24, 2.45) is 5.73 Å². The third-order valence-corrected chi connectivity index (χ3v) is 3.35. The van der Waals surface area contributed by atoms with Crippen molar-refractivity contribution in [2.45, 2.75) is 51.0 Å². The van der Waals surface area contributed by atoms with Gasteiger partial charge >= 0.3 is 5.97 Å². The molecular formula is C15H21NO3. The molecule has 1 aliphatic rings. The third kappa shape index (κ3) is 3.78. The van der Waals surface area contributed by atoms with Gasteiger partial charge in [-0.1, -0.05) is 30.3 Å². The molecule has 1 aliphatic heterocycles. The van der Waals surface area contributed by atoms with Crippen molar-refractivity contribution in [3.05, 3.63) is 35.9 Å². The first-order chi connectivity index (χ1) is 9.06. The smallest absolute Gasteiger partial charge is 0.327 e. The predicted molar refractivity (Wildman–Crippen MR) is 72.5 cm³/mol. The van der Waals surface area contributed by atoms with Crippen molar-refractivity contribution in [3.63, 3.8) is 0 Å². The number of hydrogen-bond acceptors (Lipinski definition) is 4. The topological polar surface area (TPSA) is 61.5 Å². The molecule has 19 heavy (non-hydrogen) atoms. The quantitative estimate of drug-likeness (QED) is 0.849. The van der Waals surface area contributed by atoms with Gasteiger partial charge in [0.05, 0.1) is 12.2 Å². The van der Waals surface area contributed by atoms with Gasteiger partial charge in [0, 0.05) is 12.8 Å². The van der Waals surface area contributed by atoms with Crippen molar-refractivity contribution >= 4 is 5.97 Å². The highest BCUT2D eigenvalue weighted by molar-refractivity contribution is 5.77. The number of carbonyl (C=O) groups is 1. The van der Waals surface area contributed by atoms with E-state index in [1.54, 1.807) is 0 Å². The van der Waals surface area contributed by atoms with E-state index in [4.69, 9.17) is 15.2 Å². The van der Waals surface area contributed by atoms with Gasteiger partial charge < -0.3 is 15.2 Å². The number of rotatable bonds is 3. The largest absolute Gasteiger partial charge is 0.461 e. The fourth-order valence-corrected chi connectivity index (χ4v) is 2.47. The Kier molecular flexibility index (Phi) is 4.56. The van der Waals surface area contributed by atoms with Gasteiger partial charge in [-0.2, -0.15) is 0 Å². The molecule has 4 nitrogen and oxygen atoms in total. The lowest BCUT2D eigenvalue weighted by molar-refractivity contribution is -0.161. The molecule has 0 spiro atoms. The monoisotopic (exact) mass is 263 g/mol. The molecule has 0 aliphatic carbocycles. The minimum atomic E-state index is -0.713. The molecular weight excluding hydrogens is 242 g/mol. The zero-order chi connectivity index (χ0) is 13.8. The zero-order valence-corrected chi connectivity index (χ0v) is 11.4. The maximum atomic E-state index is 12.0. The Morgan fingerprint density at radius 1 is 1.26 bits per heavy atom. The molecule has 2 rings (SSSR count). The summed E-state index contributed by atoms with van der Waals surface area (Å²) in [7, 11) is 0. The fourth-order valence-electron chi connectivity index (χ4n) is 2.47. The highest BCUT2D eigenvalue weighted by atomic mass is 16.6. The van der Waals surface area contributed by atoms with Gasteiger partial charge in [-0.25, -0.2) is 4.79 Å². The first kappa shape index (κ1) is 14.0. The van der Waals surface area contributed by atoms with E-state index < -0.39 is 6.04 Å². The average Bonchev–Trinajstić information content (AvgIpc) is 2.37. The maximum absolute atomic E-state index is 12.0. The van der Waals surface area contributed by atoms with Crippen LogP contribution >= 0.6 is 0 Å². The van der Waals surface area contributed by atoms with Crippen LogP contribution in [0, 0.1) is 0 Å². The lowest BCUT2D eigenvalue weighted by atomic mass is 10.0. The van der Waals surface area contributed by atoms with E-state index in [2.05, 4.69) is 0 Å². The highest BCUT2D eigenvalue weighted by Gasteiger charge is 2.29. The lowest BCUT2D eigenvalue weighted by Gasteiger charge is -2.32. The van der Waals surface area contributed by atoms with Crippen LogP contribution < -0.4 is 5.73 Å². The Bertz CT molecular complexity index is 411. The second-order valence-corrected chi connectivity index (χ2v) is 5.18. The van der Waals surface area contributed by atoms with Gasteiger partial charge in [0.25, 0.3) is 0 Å². The summed E-state index contributed by atoms with van der Waals surface area (Å²) in [4.78, 5) is 12.0. The SMILES string of the molecule is CC1CC(OC(=O)C(N)c2ccccc2)CC(C)O1. The second-order valence-electron chi connectivity index (χ2n) is 5.18. The Labute approximate surface area is 113 Å². The summed E-state index contributed by atoms with van der Waals surface area (Å²) in [6.07, 6.45) is 1.61. The number of carbonyl (C=O) groups excluding carboxylic acids is 1. The standard InChI is InChI=1S/C15H21NO3/c1-10-8-13(9-11(2)18-10)19-15(17)14(16)12-6-4-3-5-7-12/h3-7,10-11,13-14H,8-9,16H2,1-2H3. The van der Waals surface area contributed by atoms with Crippen LogP contribution in [0.15, 0.2) is 30.3 Å². The number of nitrogens with two attached hydrogens (primary N) is 1. The first-order valence-electron chi connectivity index (χ1n) is 6.72. The van der Waals surface area contributed by atoms with Crippen LogP contribution in [0.5, 0.6) is 0 Å². The summed E-state index contributed by atoms with van der Waals surface area (Å²) in [6.45, 7) is 3.99. The zero-order valence-electron chi connectivity index (χ0n) is 11.4. The summed E-state index contributed by atoms with van der Waals surface area (Å²) >= 11 is 0. The van der Waals surface area contributed by atoms with Gasteiger partial charge in [-0.05, 0) is 19.4 Å². The Morgan fingerprint density at radius 2 is 1.84 bits per heavy atom. The molecule has 4 heteroatoms. The molecule has 104 valence electrons. The average molecular weight is 263 g/mol. The van der Waals surface area contributed by atoms with Gasteiger partial charge in [-0.3, -0.25) is 0 Å². The molecule has 2 N–H and O–H groups in total. The second kappa shape index (κ2) is 6.17. The van der Waals surface area contributed by atoms with Crippen molar-refractivity contribution in [2.75, 3.05) is 0 Å². The molecule has 0 saturated carbocycles. The number of ether oxygens (including phenoxy) is 2. The minimum Gasteiger partial charge on any atom is -0.461 e. The van der Waals surface area contributed by atoms with Crippen LogP contribution in [0.4, 0.5) is 0 Å². The van der Waals surface area contributed by atoms with Crippen molar-refractivity contribution in [3.8, 4) is 0 Å². The van der Waals surface area contributed by atoms with Crippen LogP contribution in [0.3, 0.4) is 0 Å². The van der Waals surface area contributed by atoms with E-state index in [1.165, 1.54) is 0 Å². The molecule has 0 aromatic heterocycles. The van der Waals surface area contributed by atoms with E-state index in [9.17, 15) is 4.79 Å². The maximum Gasteiger partial charge on any atom is 0.327 e. The Balaban J connectivity index is 1.93. The third-order valence-electron chi connectivity index (χ3n) is 3.35. The van der Waals surface area contributed by atoms with Gasteiger partial charge in [0.2, 0.25) is 0 Å². The molecule has 1 fully saturated rings. The van der Waals surface area contributed by atoms with Gasteiger partial charge in [0.1, 0.15) is 12.1 Å². The van der Waals surface area contributed by atoms with E-state index in [0.29, 0.717) is 0 Å². The summed E-state index contributed by atoms with van der Waals surface area (Å²) < 4.78 is 11.1. The Hall–Kier alpha value is -1.39. The van der Waals surface area contributed by atoms with Crippen LogP contribution in [0.25, 0.3) is 0 Å². The van der Waals surface area contributed by atoms with Gasteiger partial charge in [0.15, 0.2) is 0 Å². The minimum absolute atomic E-state index is 0.0963. The highest BCUT2D eigenvalue weighted by Crippen LogP contribution is 2.23. The van der Waals surface area contributed by atoms with Gasteiger partial charge in [-0.15, -0.1) is 0 Å². The molecule has 1 aromatic rings. The molecule has 0 bridgehead atoms. The molecule has 0 amide bonds. The normalized spacial score (nSPS) is 28.7. The number of benzene rings is 1. The van der Waals surface area contributed by atoms with E-state index in [-0.39, 0.29) is 24.3 Å². The summed E-state index contributed by atoms with van der Waals surface area (Å²) in [5, 5.41) is 0. The first-order valence-corrected chi connectivity index (χ1v) is 6.72. The van der Waals surface area contributed by atoms with Crippen LogP contribution in [-0.4, -0.2) is 24.3 Å². The summed E-state index contributed by atoms with van der Waals surface area (Å²) in [6, 6.07) is 8.57. The molecule has 3 atom stereocenters. The van der Waals surface area contributed by atoms with Crippen molar-refractivity contribution in [1.29, 1.82) is 0 Å². The van der Waals surface area contributed by atoms with E-state index >= 15 is 0 Å². The fraction of sp³-hybridized carbons (Fsp3) is 0.533. The molecule has 1 heterocycles. The molecule has 0 radical (unpaired) electrons.